The number of nitrogens with one attached hydrogen (secondary N) is 1. The first kappa shape index (κ1) is 19.6. The lowest BCUT2D eigenvalue weighted by molar-refractivity contribution is -0.128. The lowest BCUT2D eigenvalue weighted by atomic mass is 10.0. The van der Waals surface area contributed by atoms with E-state index in [1.807, 2.05) is 21.9 Å². The second-order valence-corrected chi connectivity index (χ2v) is 7.88. The summed E-state index contributed by atoms with van der Waals surface area (Å²) in [5.74, 6) is 0.329. The molecule has 1 aromatic heterocycles. The van der Waals surface area contributed by atoms with Crippen LogP contribution in [0.25, 0.3) is 0 Å². The number of carbonyl (C=O) groups excluding carboxylic acids is 2. The van der Waals surface area contributed by atoms with Gasteiger partial charge in [-0.3, -0.25) is 14.6 Å². The molecular weight excluding hydrogens is 364 g/mol. The van der Waals surface area contributed by atoms with Gasteiger partial charge >= 0.3 is 0 Å². The van der Waals surface area contributed by atoms with Crippen LogP contribution in [0.5, 0.6) is 0 Å². The van der Waals surface area contributed by atoms with Crippen molar-refractivity contribution in [3.8, 4) is 0 Å². The number of hydrogen-bond donors (Lipinski definition) is 1. The van der Waals surface area contributed by atoms with Crippen LogP contribution in [0.1, 0.15) is 47.2 Å². The molecule has 1 N–H and O–H groups in total. The van der Waals surface area contributed by atoms with E-state index in [2.05, 4.69) is 28.5 Å². The van der Waals surface area contributed by atoms with Crippen molar-refractivity contribution in [2.75, 3.05) is 19.6 Å². The zero-order valence-corrected chi connectivity index (χ0v) is 16.7. The van der Waals surface area contributed by atoms with Crippen molar-refractivity contribution in [1.82, 2.24) is 20.1 Å². The zero-order valence-electron chi connectivity index (χ0n) is 16.7. The summed E-state index contributed by atoms with van der Waals surface area (Å²) in [6, 6.07) is 12.4. The van der Waals surface area contributed by atoms with E-state index in [0.717, 1.165) is 45.4 Å². The average Bonchev–Trinajstić information content (AvgIpc) is 3.18. The van der Waals surface area contributed by atoms with E-state index in [1.165, 1.54) is 11.1 Å². The van der Waals surface area contributed by atoms with Crippen LogP contribution >= 0.6 is 0 Å². The highest BCUT2D eigenvalue weighted by molar-refractivity contribution is 5.93. The van der Waals surface area contributed by atoms with Gasteiger partial charge in [0.15, 0.2) is 0 Å². The van der Waals surface area contributed by atoms with E-state index in [4.69, 9.17) is 0 Å². The number of nitrogens with zero attached hydrogens (tertiary/aromatic N) is 3. The lowest BCUT2D eigenvalue weighted by Crippen LogP contribution is -2.44. The molecule has 29 heavy (non-hydrogen) atoms. The Hall–Kier alpha value is -2.73. The Labute approximate surface area is 171 Å². The first-order valence-corrected chi connectivity index (χ1v) is 10.5. The standard InChI is InChI=1S/C23H28N4O2/c28-22-8-4-12-27(22)17-20-6-2-1-5-18(20)16-25-21-9-13-26(14-10-21)23(29)19-7-3-11-24-15-19/h1-3,5-7,11,15,21,25H,4,8-10,12-14,16-17H2. The average molecular weight is 393 g/mol. The van der Waals surface area contributed by atoms with Gasteiger partial charge in [-0.25, -0.2) is 0 Å². The molecule has 0 spiro atoms. The highest BCUT2D eigenvalue weighted by Gasteiger charge is 2.24. The van der Waals surface area contributed by atoms with Gasteiger partial charge in [-0.15, -0.1) is 0 Å². The highest BCUT2D eigenvalue weighted by atomic mass is 16.2. The van der Waals surface area contributed by atoms with Crippen molar-refractivity contribution in [3.05, 3.63) is 65.5 Å². The molecule has 2 aliphatic rings. The van der Waals surface area contributed by atoms with E-state index in [-0.39, 0.29) is 11.8 Å². The lowest BCUT2D eigenvalue weighted by Gasteiger charge is -2.32. The number of carbonyl (C=O) groups is 2. The summed E-state index contributed by atoms with van der Waals surface area (Å²) in [4.78, 5) is 32.4. The van der Waals surface area contributed by atoms with Crippen LogP contribution in [0, 0.1) is 0 Å². The Bertz CT molecular complexity index is 847. The van der Waals surface area contributed by atoms with E-state index in [0.29, 0.717) is 24.6 Å². The molecular formula is C23H28N4O2. The summed E-state index contributed by atoms with van der Waals surface area (Å²) in [5, 5.41) is 3.66. The van der Waals surface area contributed by atoms with Crippen molar-refractivity contribution < 1.29 is 9.59 Å². The topological polar surface area (TPSA) is 65.5 Å². The minimum atomic E-state index is 0.0668. The Morgan fingerprint density at radius 3 is 2.55 bits per heavy atom. The van der Waals surface area contributed by atoms with Gasteiger partial charge in [0.25, 0.3) is 5.91 Å². The van der Waals surface area contributed by atoms with E-state index >= 15 is 0 Å². The van der Waals surface area contributed by atoms with E-state index in [9.17, 15) is 9.59 Å². The number of hydrogen-bond acceptors (Lipinski definition) is 4. The molecule has 0 radical (unpaired) electrons. The van der Waals surface area contributed by atoms with Crippen LogP contribution in [0.15, 0.2) is 48.8 Å². The number of pyridine rings is 1. The summed E-state index contributed by atoms with van der Waals surface area (Å²) in [6.07, 6.45) is 6.85. The predicted molar refractivity (Wildman–Crippen MR) is 111 cm³/mol. The fraction of sp³-hybridized carbons (Fsp3) is 0.435. The van der Waals surface area contributed by atoms with Crippen molar-refractivity contribution in [3.63, 3.8) is 0 Å². The number of amides is 2. The zero-order chi connectivity index (χ0) is 20.1. The van der Waals surface area contributed by atoms with Crippen LogP contribution in [-0.4, -0.2) is 52.3 Å². The molecule has 1 aromatic carbocycles. The van der Waals surface area contributed by atoms with Gasteiger partial charge in [0.1, 0.15) is 0 Å². The van der Waals surface area contributed by atoms with Gasteiger partial charge in [-0.05, 0) is 42.5 Å². The second-order valence-electron chi connectivity index (χ2n) is 7.88. The van der Waals surface area contributed by atoms with Crippen LogP contribution < -0.4 is 5.32 Å². The molecule has 4 rings (SSSR count). The fourth-order valence-corrected chi connectivity index (χ4v) is 4.17. The van der Waals surface area contributed by atoms with Gasteiger partial charge in [0.2, 0.25) is 5.91 Å². The van der Waals surface area contributed by atoms with Crippen molar-refractivity contribution >= 4 is 11.8 Å². The third kappa shape index (κ3) is 4.82. The normalized spacial score (nSPS) is 17.7. The molecule has 6 heteroatoms. The molecule has 3 heterocycles. The molecule has 2 amide bonds. The smallest absolute Gasteiger partial charge is 0.255 e. The van der Waals surface area contributed by atoms with Crippen molar-refractivity contribution in [1.29, 1.82) is 0 Å². The van der Waals surface area contributed by atoms with Gasteiger partial charge < -0.3 is 15.1 Å². The van der Waals surface area contributed by atoms with Crippen molar-refractivity contribution in [2.24, 2.45) is 0 Å². The monoisotopic (exact) mass is 392 g/mol. The highest BCUT2D eigenvalue weighted by Crippen LogP contribution is 2.19. The van der Waals surface area contributed by atoms with Gasteiger partial charge in [-0.2, -0.15) is 0 Å². The number of benzene rings is 1. The summed E-state index contributed by atoms with van der Waals surface area (Å²) < 4.78 is 0. The number of aromatic nitrogens is 1. The third-order valence-electron chi connectivity index (χ3n) is 5.92. The largest absolute Gasteiger partial charge is 0.338 e. The molecule has 0 saturated carbocycles. The summed E-state index contributed by atoms with van der Waals surface area (Å²) in [7, 11) is 0. The predicted octanol–water partition coefficient (Wildman–Crippen LogP) is 2.60. The Morgan fingerprint density at radius 2 is 1.86 bits per heavy atom. The van der Waals surface area contributed by atoms with Crippen LogP contribution in [-0.2, 0) is 17.9 Å². The van der Waals surface area contributed by atoms with E-state index in [1.54, 1.807) is 18.5 Å². The second kappa shape index (κ2) is 9.18. The molecule has 2 aliphatic heterocycles. The minimum absolute atomic E-state index is 0.0668. The van der Waals surface area contributed by atoms with Gasteiger partial charge in [0, 0.05) is 57.6 Å². The van der Waals surface area contributed by atoms with Gasteiger partial charge in [-0.1, -0.05) is 24.3 Å². The molecule has 0 aliphatic carbocycles. The SMILES string of the molecule is O=C1CCCN1Cc1ccccc1CNC1CCN(C(=O)c2cccnc2)CC1. The molecule has 2 saturated heterocycles. The third-order valence-corrected chi connectivity index (χ3v) is 5.92. The Kier molecular flexibility index (Phi) is 6.20. The molecule has 0 atom stereocenters. The quantitative estimate of drug-likeness (QED) is 0.821. The molecule has 2 fully saturated rings. The molecule has 152 valence electrons. The summed E-state index contributed by atoms with van der Waals surface area (Å²) >= 11 is 0. The van der Waals surface area contributed by atoms with Crippen LogP contribution in [0.4, 0.5) is 0 Å². The number of rotatable bonds is 6. The maximum Gasteiger partial charge on any atom is 0.255 e. The van der Waals surface area contributed by atoms with Gasteiger partial charge in [0.05, 0.1) is 5.56 Å². The molecule has 0 bridgehead atoms. The Morgan fingerprint density at radius 1 is 1.07 bits per heavy atom. The molecule has 6 nitrogen and oxygen atoms in total. The summed E-state index contributed by atoms with van der Waals surface area (Å²) in [6.45, 7) is 3.88. The minimum Gasteiger partial charge on any atom is -0.338 e. The van der Waals surface area contributed by atoms with Crippen LogP contribution in [0.2, 0.25) is 0 Å². The number of likely N-dealkylation sites (tertiary alicyclic amines) is 2. The van der Waals surface area contributed by atoms with Crippen LogP contribution in [0.3, 0.4) is 0 Å². The maximum atomic E-state index is 12.6. The van der Waals surface area contributed by atoms with E-state index < -0.39 is 0 Å². The first-order valence-electron chi connectivity index (χ1n) is 10.5. The first-order chi connectivity index (χ1) is 14.2. The Balaban J connectivity index is 1.29. The molecule has 0 unspecified atom stereocenters. The molecule has 2 aromatic rings. The summed E-state index contributed by atoms with van der Waals surface area (Å²) in [5.41, 5.74) is 3.13. The number of piperidine rings is 1. The maximum absolute atomic E-state index is 12.6. The fourth-order valence-electron chi connectivity index (χ4n) is 4.17. The van der Waals surface area contributed by atoms with Crippen molar-refractivity contribution in [2.45, 2.75) is 44.8 Å².